The number of carbonyl (C=O) groups excluding carboxylic acids is 1. The molecule has 0 atom stereocenters. The van der Waals surface area contributed by atoms with Crippen molar-refractivity contribution >= 4 is 17.2 Å². The zero-order chi connectivity index (χ0) is 13.4. The van der Waals surface area contributed by atoms with E-state index in [9.17, 15) is 4.79 Å². The monoisotopic (exact) mass is 268 g/mol. The van der Waals surface area contributed by atoms with Crippen LogP contribution in [-0.4, -0.2) is 17.4 Å². The summed E-state index contributed by atoms with van der Waals surface area (Å²) in [7, 11) is 0. The summed E-state index contributed by atoms with van der Waals surface area (Å²) in [5, 5.41) is 6.19. The van der Waals surface area contributed by atoms with Gasteiger partial charge in [-0.3, -0.25) is 4.79 Å². The number of hydrogen-bond donors (Lipinski definition) is 1. The summed E-state index contributed by atoms with van der Waals surface area (Å²) >= 11 is 1.69. The minimum atomic E-state index is 0.170. The Labute approximate surface area is 114 Å². The van der Waals surface area contributed by atoms with E-state index in [4.69, 9.17) is 0 Å². The summed E-state index contributed by atoms with van der Waals surface area (Å²) in [4.78, 5) is 16.0. The normalized spacial score (nSPS) is 10.9. The smallest absolute Gasteiger partial charge is 0.220 e. The molecular weight excluding hydrogens is 244 g/mol. The average Bonchev–Trinajstić information content (AvgIpc) is 2.78. The zero-order valence-electron chi connectivity index (χ0n) is 11.7. The van der Waals surface area contributed by atoms with Crippen molar-refractivity contribution in [2.24, 2.45) is 0 Å². The van der Waals surface area contributed by atoms with Gasteiger partial charge in [0, 0.05) is 24.8 Å². The lowest BCUT2D eigenvalue weighted by Crippen LogP contribution is -2.25. The fourth-order valence-corrected chi connectivity index (χ4v) is 2.60. The molecule has 0 unspecified atom stereocenters. The minimum Gasteiger partial charge on any atom is -0.356 e. The van der Waals surface area contributed by atoms with Crippen molar-refractivity contribution in [2.45, 2.75) is 58.8 Å². The van der Waals surface area contributed by atoms with Crippen LogP contribution in [0.15, 0.2) is 5.38 Å². The third kappa shape index (κ3) is 5.63. The Hall–Kier alpha value is -0.900. The largest absolute Gasteiger partial charge is 0.356 e. The van der Waals surface area contributed by atoms with Gasteiger partial charge in [0.25, 0.3) is 0 Å². The molecule has 0 spiro atoms. The molecule has 0 bridgehead atoms. The van der Waals surface area contributed by atoms with Crippen LogP contribution in [0.2, 0.25) is 0 Å². The van der Waals surface area contributed by atoms with Crippen molar-refractivity contribution in [1.82, 2.24) is 10.3 Å². The maximum Gasteiger partial charge on any atom is 0.220 e. The molecule has 0 fully saturated rings. The van der Waals surface area contributed by atoms with Gasteiger partial charge in [-0.25, -0.2) is 4.98 Å². The van der Waals surface area contributed by atoms with Gasteiger partial charge in [0.15, 0.2) is 0 Å². The van der Waals surface area contributed by atoms with Gasteiger partial charge in [-0.2, -0.15) is 0 Å². The summed E-state index contributed by atoms with van der Waals surface area (Å²) < 4.78 is 0. The van der Waals surface area contributed by atoms with E-state index in [1.807, 2.05) is 0 Å². The number of rotatable bonds is 8. The molecule has 1 rings (SSSR count). The molecule has 18 heavy (non-hydrogen) atoms. The van der Waals surface area contributed by atoms with Crippen molar-refractivity contribution in [1.29, 1.82) is 0 Å². The van der Waals surface area contributed by atoms with Gasteiger partial charge >= 0.3 is 0 Å². The van der Waals surface area contributed by atoms with E-state index in [2.05, 4.69) is 36.5 Å². The highest BCUT2D eigenvalue weighted by Crippen LogP contribution is 2.17. The van der Waals surface area contributed by atoms with Gasteiger partial charge in [0.05, 0.1) is 10.7 Å². The Morgan fingerprint density at radius 2 is 2.22 bits per heavy atom. The molecule has 0 saturated heterocycles. The van der Waals surface area contributed by atoms with Crippen molar-refractivity contribution in [3.05, 3.63) is 16.1 Å². The Kier molecular flexibility index (Phi) is 6.94. The van der Waals surface area contributed by atoms with E-state index in [1.54, 1.807) is 11.3 Å². The standard InChI is InChI=1S/C14H24N2OS/c1-4-5-6-7-13(17)15-9-8-14-16-12(10-18-14)11(2)3/h10-11H,4-9H2,1-3H3,(H,15,17). The topological polar surface area (TPSA) is 42.0 Å². The minimum absolute atomic E-state index is 0.170. The SMILES string of the molecule is CCCCCC(=O)NCCc1nc(C(C)C)cs1. The molecule has 1 aromatic rings. The number of amides is 1. The summed E-state index contributed by atoms with van der Waals surface area (Å²) in [5.41, 5.74) is 1.16. The van der Waals surface area contributed by atoms with Gasteiger partial charge in [0.2, 0.25) is 5.91 Å². The van der Waals surface area contributed by atoms with Gasteiger partial charge in [-0.15, -0.1) is 11.3 Å². The number of hydrogen-bond acceptors (Lipinski definition) is 3. The van der Waals surface area contributed by atoms with E-state index in [0.29, 0.717) is 18.9 Å². The molecule has 102 valence electrons. The van der Waals surface area contributed by atoms with Crippen LogP contribution in [0.3, 0.4) is 0 Å². The summed E-state index contributed by atoms with van der Waals surface area (Å²) in [6.45, 7) is 7.14. The fraction of sp³-hybridized carbons (Fsp3) is 0.714. The van der Waals surface area contributed by atoms with Crippen LogP contribution in [0.1, 0.15) is 63.1 Å². The molecule has 3 nitrogen and oxygen atoms in total. The maximum atomic E-state index is 11.5. The summed E-state index contributed by atoms with van der Waals surface area (Å²) in [6, 6.07) is 0. The Morgan fingerprint density at radius 1 is 1.44 bits per heavy atom. The lowest BCUT2D eigenvalue weighted by atomic mass is 10.2. The molecule has 0 aliphatic carbocycles. The van der Waals surface area contributed by atoms with Gasteiger partial charge in [-0.1, -0.05) is 33.6 Å². The molecule has 0 aliphatic rings. The highest BCUT2D eigenvalue weighted by Gasteiger charge is 2.06. The quantitative estimate of drug-likeness (QED) is 0.733. The molecule has 0 aliphatic heterocycles. The molecule has 0 saturated carbocycles. The van der Waals surface area contributed by atoms with E-state index < -0.39 is 0 Å². The van der Waals surface area contributed by atoms with E-state index in [-0.39, 0.29) is 5.91 Å². The van der Waals surface area contributed by atoms with Gasteiger partial charge in [0.1, 0.15) is 0 Å². The second kappa shape index (κ2) is 8.25. The zero-order valence-corrected chi connectivity index (χ0v) is 12.5. The molecule has 1 amide bonds. The number of nitrogens with zero attached hydrogens (tertiary/aromatic N) is 1. The van der Waals surface area contributed by atoms with Crippen LogP contribution >= 0.6 is 11.3 Å². The first-order valence-corrected chi connectivity index (χ1v) is 7.72. The number of carbonyl (C=O) groups is 1. The number of thiazole rings is 1. The number of unbranched alkanes of at least 4 members (excludes halogenated alkanes) is 2. The summed E-state index contributed by atoms with van der Waals surface area (Å²) in [6.07, 6.45) is 4.79. The van der Waals surface area contributed by atoms with Gasteiger partial charge < -0.3 is 5.32 Å². The van der Waals surface area contributed by atoms with Crippen LogP contribution in [0.4, 0.5) is 0 Å². The van der Waals surface area contributed by atoms with Crippen LogP contribution < -0.4 is 5.32 Å². The lowest BCUT2D eigenvalue weighted by Gasteiger charge is -2.03. The van der Waals surface area contributed by atoms with Crippen LogP contribution in [0, 0.1) is 0 Å². The summed E-state index contributed by atoms with van der Waals surface area (Å²) in [5.74, 6) is 0.655. The van der Waals surface area contributed by atoms with Crippen LogP contribution in [-0.2, 0) is 11.2 Å². The Morgan fingerprint density at radius 3 is 2.83 bits per heavy atom. The third-order valence-electron chi connectivity index (χ3n) is 2.83. The predicted octanol–water partition coefficient (Wildman–Crippen LogP) is 3.51. The highest BCUT2D eigenvalue weighted by atomic mass is 32.1. The van der Waals surface area contributed by atoms with Gasteiger partial charge in [-0.05, 0) is 12.3 Å². The molecule has 0 aromatic carbocycles. The van der Waals surface area contributed by atoms with E-state index in [0.717, 1.165) is 36.4 Å². The molecular formula is C14H24N2OS. The van der Waals surface area contributed by atoms with E-state index in [1.165, 1.54) is 0 Å². The van der Waals surface area contributed by atoms with Crippen LogP contribution in [0.25, 0.3) is 0 Å². The second-order valence-electron chi connectivity index (χ2n) is 4.88. The number of nitrogens with one attached hydrogen (secondary N) is 1. The molecule has 1 N–H and O–H groups in total. The van der Waals surface area contributed by atoms with Crippen molar-refractivity contribution in [2.75, 3.05) is 6.54 Å². The fourth-order valence-electron chi connectivity index (χ4n) is 1.64. The van der Waals surface area contributed by atoms with Crippen molar-refractivity contribution in [3.8, 4) is 0 Å². The second-order valence-corrected chi connectivity index (χ2v) is 5.82. The molecule has 4 heteroatoms. The Balaban J connectivity index is 2.18. The Bertz CT molecular complexity index is 360. The maximum absolute atomic E-state index is 11.5. The highest BCUT2D eigenvalue weighted by molar-refractivity contribution is 7.09. The third-order valence-corrected chi connectivity index (χ3v) is 3.76. The molecule has 1 aromatic heterocycles. The predicted molar refractivity (Wildman–Crippen MR) is 77.1 cm³/mol. The van der Waals surface area contributed by atoms with Crippen molar-refractivity contribution < 1.29 is 4.79 Å². The molecule has 1 heterocycles. The lowest BCUT2D eigenvalue weighted by molar-refractivity contribution is -0.121. The van der Waals surface area contributed by atoms with E-state index >= 15 is 0 Å². The number of aromatic nitrogens is 1. The molecule has 0 radical (unpaired) electrons. The first kappa shape index (κ1) is 15.2. The van der Waals surface area contributed by atoms with Crippen molar-refractivity contribution in [3.63, 3.8) is 0 Å². The first-order valence-electron chi connectivity index (χ1n) is 6.84. The first-order chi connectivity index (χ1) is 8.63. The van der Waals surface area contributed by atoms with Crippen LogP contribution in [0.5, 0.6) is 0 Å². The average molecular weight is 268 g/mol.